The quantitative estimate of drug-likeness (QED) is 0.333. The number of piperidine rings is 1. The smallest absolute Gasteiger partial charge is 0.368 e. The number of nitrogens with two attached hydrogens (primary N) is 1. The van der Waals surface area contributed by atoms with Crippen LogP contribution in [0.2, 0.25) is 0 Å². The molecule has 6 nitrogen and oxygen atoms in total. The molecule has 1 atom stereocenters. The number of aromatic amines is 1. The van der Waals surface area contributed by atoms with Crippen molar-refractivity contribution in [3.8, 4) is 0 Å². The normalized spacial score (nSPS) is 21.6. The van der Waals surface area contributed by atoms with E-state index in [4.69, 9.17) is 5.73 Å². The predicted molar refractivity (Wildman–Crippen MR) is 149 cm³/mol. The Balaban J connectivity index is 1.11. The zero-order valence-electron chi connectivity index (χ0n) is 22.3. The number of likely N-dealkylation sites (tertiary alicyclic amines) is 1. The van der Waals surface area contributed by atoms with E-state index in [0.717, 1.165) is 43.3 Å². The van der Waals surface area contributed by atoms with Gasteiger partial charge >= 0.3 is 6.18 Å². The van der Waals surface area contributed by atoms with E-state index in [2.05, 4.69) is 34.7 Å². The SMILES string of the molecule is NC(=O)[C@H](NC1CCC(c2c[nH]c3ccccc23)CC1)C1CCN(C(=O)/C=C/c2ccc(C(F)(F)F)cc2)CC1. The van der Waals surface area contributed by atoms with Crippen molar-refractivity contribution in [3.63, 3.8) is 0 Å². The van der Waals surface area contributed by atoms with Crippen molar-refractivity contribution in [1.82, 2.24) is 15.2 Å². The number of aromatic nitrogens is 1. The second kappa shape index (κ2) is 11.9. The number of benzene rings is 2. The molecule has 2 heterocycles. The van der Waals surface area contributed by atoms with Crippen LogP contribution in [0.25, 0.3) is 17.0 Å². The summed E-state index contributed by atoms with van der Waals surface area (Å²) < 4.78 is 38.2. The molecule has 40 heavy (non-hydrogen) atoms. The van der Waals surface area contributed by atoms with Crippen LogP contribution in [0.15, 0.2) is 60.8 Å². The van der Waals surface area contributed by atoms with Crippen LogP contribution in [0.3, 0.4) is 0 Å². The minimum Gasteiger partial charge on any atom is -0.368 e. The molecule has 2 amide bonds. The maximum Gasteiger partial charge on any atom is 0.416 e. The molecule has 5 rings (SSSR count). The number of rotatable bonds is 7. The number of para-hydroxylation sites is 1. The van der Waals surface area contributed by atoms with E-state index < -0.39 is 17.8 Å². The van der Waals surface area contributed by atoms with E-state index in [1.165, 1.54) is 35.2 Å². The molecule has 1 aliphatic heterocycles. The molecule has 0 spiro atoms. The summed E-state index contributed by atoms with van der Waals surface area (Å²) >= 11 is 0. The molecule has 3 aromatic rings. The highest BCUT2D eigenvalue weighted by Gasteiger charge is 2.34. The number of carbonyl (C=O) groups excluding carboxylic acids is 2. The van der Waals surface area contributed by atoms with Gasteiger partial charge in [0.05, 0.1) is 11.6 Å². The lowest BCUT2D eigenvalue weighted by atomic mass is 9.80. The van der Waals surface area contributed by atoms with Gasteiger partial charge in [0, 0.05) is 42.3 Å². The van der Waals surface area contributed by atoms with E-state index in [1.807, 2.05) is 6.07 Å². The van der Waals surface area contributed by atoms with Crippen molar-refractivity contribution < 1.29 is 22.8 Å². The van der Waals surface area contributed by atoms with E-state index in [-0.39, 0.29) is 23.8 Å². The molecule has 2 aromatic carbocycles. The van der Waals surface area contributed by atoms with Crippen LogP contribution in [0.1, 0.15) is 61.1 Å². The van der Waals surface area contributed by atoms with Gasteiger partial charge in [-0.2, -0.15) is 13.2 Å². The van der Waals surface area contributed by atoms with Crippen LogP contribution in [0.4, 0.5) is 13.2 Å². The fourth-order valence-electron chi connectivity index (χ4n) is 6.22. The van der Waals surface area contributed by atoms with Crippen molar-refractivity contribution in [3.05, 3.63) is 77.5 Å². The Morgan fingerprint density at radius 3 is 2.30 bits per heavy atom. The van der Waals surface area contributed by atoms with Crippen LogP contribution in [-0.4, -0.2) is 46.9 Å². The molecule has 1 aromatic heterocycles. The molecule has 0 unspecified atom stereocenters. The van der Waals surface area contributed by atoms with Crippen molar-refractivity contribution in [2.75, 3.05) is 13.1 Å². The predicted octanol–water partition coefficient (Wildman–Crippen LogP) is 5.61. The summed E-state index contributed by atoms with van der Waals surface area (Å²) in [6, 6.07) is 12.8. The Bertz CT molecular complexity index is 1350. The fraction of sp³-hybridized carbons (Fsp3) is 0.419. The monoisotopic (exact) mass is 552 g/mol. The van der Waals surface area contributed by atoms with E-state index in [0.29, 0.717) is 37.4 Å². The van der Waals surface area contributed by atoms with E-state index in [1.54, 1.807) is 4.90 Å². The number of H-pyrrole nitrogens is 1. The number of carbonyl (C=O) groups is 2. The Kier molecular flexibility index (Phi) is 8.30. The van der Waals surface area contributed by atoms with Crippen LogP contribution in [0.5, 0.6) is 0 Å². The third kappa shape index (κ3) is 6.41. The van der Waals surface area contributed by atoms with E-state index >= 15 is 0 Å². The first-order valence-electron chi connectivity index (χ1n) is 13.9. The van der Waals surface area contributed by atoms with Gasteiger partial charge in [-0.1, -0.05) is 30.3 Å². The summed E-state index contributed by atoms with van der Waals surface area (Å²) in [6.07, 6.45) is 6.00. The third-order valence-electron chi connectivity index (χ3n) is 8.49. The summed E-state index contributed by atoms with van der Waals surface area (Å²) in [5, 5.41) is 4.84. The first-order chi connectivity index (χ1) is 19.2. The van der Waals surface area contributed by atoms with Gasteiger partial charge in [-0.3, -0.25) is 9.59 Å². The molecule has 0 radical (unpaired) electrons. The van der Waals surface area contributed by atoms with Gasteiger partial charge in [-0.25, -0.2) is 0 Å². The maximum atomic E-state index is 12.7. The molecule has 212 valence electrons. The van der Waals surface area contributed by atoms with Gasteiger partial charge in [0.15, 0.2) is 0 Å². The molecule has 0 bridgehead atoms. The topological polar surface area (TPSA) is 91.2 Å². The highest BCUT2D eigenvalue weighted by Crippen LogP contribution is 2.37. The van der Waals surface area contributed by atoms with Gasteiger partial charge in [0.25, 0.3) is 0 Å². The summed E-state index contributed by atoms with van der Waals surface area (Å²) in [4.78, 5) is 30.2. The lowest BCUT2D eigenvalue weighted by Crippen LogP contribution is -2.54. The summed E-state index contributed by atoms with van der Waals surface area (Å²) in [5.41, 5.74) is 8.15. The Hall–Kier alpha value is -3.59. The zero-order chi connectivity index (χ0) is 28.3. The molecule has 2 aliphatic rings. The summed E-state index contributed by atoms with van der Waals surface area (Å²) in [5.74, 6) is -0.0128. The summed E-state index contributed by atoms with van der Waals surface area (Å²) in [6.45, 7) is 0.999. The lowest BCUT2D eigenvalue weighted by molar-refractivity contribution is -0.137. The van der Waals surface area contributed by atoms with Crippen LogP contribution >= 0.6 is 0 Å². The van der Waals surface area contributed by atoms with Crippen LogP contribution in [-0.2, 0) is 15.8 Å². The average Bonchev–Trinajstić information content (AvgIpc) is 3.39. The zero-order valence-corrected chi connectivity index (χ0v) is 22.3. The van der Waals surface area contributed by atoms with Crippen LogP contribution < -0.4 is 11.1 Å². The average molecular weight is 553 g/mol. The highest BCUT2D eigenvalue weighted by molar-refractivity contribution is 5.92. The number of primary amides is 1. The van der Waals surface area contributed by atoms with Crippen molar-refractivity contribution in [1.29, 1.82) is 0 Å². The van der Waals surface area contributed by atoms with Crippen LogP contribution in [0, 0.1) is 5.92 Å². The number of nitrogens with one attached hydrogen (secondary N) is 2. The molecule has 1 saturated carbocycles. The first kappa shape index (κ1) is 28.0. The highest BCUT2D eigenvalue weighted by atomic mass is 19.4. The first-order valence-corrected chi connectivity index (χ1v) is 13.9. The number of hydrogen-bond donors (Lipinski definition) is 3. The van der Waals surface area contributed by atoms with Gasteiger partial charge in [0.2, 0.25) is 11.8 Å². The largest absolute Gasteiger partial charge is 0.416 e. The standard InChI is InChI=1S/C31H35F3N4O2/c32-31(33,34)23-10-5-20(6-11-23)7-14-28(39)38-17-15-22(16-18-38)29(30(35)40)37-24-12-8-21(9-13-24)26-19-36-27-4-2-1-3-25(26)27/h1-7,10-11,14,19,21-22,24,29,36-37H,8-9,12-13,15-18H2,(H2,35,40)/b14-7+/t21?,24?,29-/m1/s1. The molecular weight excluding hydrogens is 517 g/mol. The second-order valence-electron chi connectivity index (χ2n) is 11.0. The molecule has 1 aliphatic carbocycles. The number of alkyl halides is 3. The number of amides is 2. The second-order valence-corrected chi connectivity index (χ2v) is 11.0. The van der Waals surface area contributed by atoms with Crippen molar-refractivity contribution in [2.45, 2.75) is 62.7 Å². The molecule has 2 fully saturated rings. The van der Waals surface area contributed by atoms with Crippen molar-refractivity contribution >= 4 is 28.8 Å². The number of hydrogen-bond acceptors (Lipinski definition) is 3. The minimum absolute atomic E-state index is 0.0479. The Morgan fingerprint density at radius 1 is 0.975 bits per heavy atom. The number of fused-ring (bicyclic) bond motifs is 1. The van der Waals surface area contributed by atoms with Gasteiger partial charge in [-0.15, -0.1) is 0 Å². The fourth-order valence-corrected chi connectivity index (χ4v) is 6.22. The number of halogens is 3. The van der Waals surface area contributed by atoms with Gasteiger partial charge in [0.1, 0.15) is 0 Å². The summed E-state index contributed by atoms with van der Waals surface area (Å²) in [7, 11) is 0. The molecule has 9 heteroatoms. The molecule has 1 saturated heterocycles. The number of nitrogens with zero attached hydrogens (tertiary/aromatic N) is 1. The molecule has 4 N–H and O–H groups in total. The molecular formula is C31H35F3N4O2. The maximum absolute atomic E-state index is 12.7. The lowest BCUT2D eigenvalue weighted by Gasteiger charge is -2.38. The van der Waals surface area contributed by atoms with Gasteiger partial charge in [-0.05, 0) is 85.8 Å². The third-order valence-corrected chi connectivity index (χ3v) is 8.49. The van der Waals surface area contributed by atoms with E-state index in [9.17, 15) is 22.8 Å². The van der Waals surface area contributed by atoms with Crippen molar-refractivity contribution in [2.24, 2.45) is 11.7 Å². The minimum atomic E-state index is -4.39. The Labute approximate surface area is 231 Å². The van der Waals surface area contributed by atoms with Gasteiger partial charge < -0.3 is 20.9 Å². The Morgan fingerprint density at radius 2 is 1.65 bits per heavy atom.